The molecule has 0 saturated heterocycles. The molecule has 1 aromatic carbocycles. The number of carbonyl (C=O) groups is 1. The molecule has 4 heteroatoms. The quantitative estimate of drug-likeness (QED) is 0.427. The Balaban J connectivity index is 2.26. The van der Waals surface area contributed by atoms with E-state index in [1.54, 1.807) is 12.1 Å². The first-order chi connectivity index (χ1) is 9.26. The minimum atomic E-state index is -1.64. The number of aldehydes is 1. The highest BCUT2D eigenvalue weighted by Crippen LogP contribution is 2.36. The lowest BCUT2D eigenvalue weighted by molar-refractivity contribution is 0.112. The van der Waals surface area contributed by atoms with Crippen LogP contribution in [-0.2, 0) is 4.43 Å². The third kappa shape index (κ3) is 5.10. The molecule has 0 N–H and O–H groups in total. The minimum Gasteiger partial charge on any atom is -0.494 e. The topological polar surface area (TPSA) is 35.5 Å². The molecule has 20 heavy (non-hydrogen) atoms. The average Bonchev–Trinajstić information content (AvgIpc) is 2.37. The van der Waals surface area contributed by atoms with Gasteiger partial charge in [-0.2, -0.15) is 0 Å². The second kappa shape index (κ2) is 7.04. The van der Waals surface area contributed by atoms with Gasteiger partial charge in [0.1, 0.15) is 12.0 Å². The molecule has 0 spiro atoms. The largest absolute Gasteiger partial charge is 0.494 e. The smallest absolute Gasteiger partial charge is 0.191 e. The molecule has 0 aliphatic heterocycles. The third-order valence-corrected chi connectivity index (χ3v) is 8.38. The van der Waals surface area contributed by atoms with E-state index < -0.39 is 8.32 Å². The Bertz CT molecular complexity index is 418. The van der Waals surface area contributed by atoms with Crippen LogP contribution < -0.4 is 4.74 Å². The van der Waals surface area contributed by atoms with Gasteiger partial charge >= 0.3 is 0 Å². The first-order valence-electron chi connectivity index (χ1n) is 7.08. The molecule has 112 valence electrons. The van der Waals surface area contributed by atoms with Crippen molar-refractivity contribution in [3.8, 4) is 5.75 Å². The average molecular weight is 294 g/mol. The second-order valence-corrected chi connectivity index (χ2v) is 11.3. The van der Waals surface area contributed by atoms with E-state index in [2.05, 4.69) is 33.9 Å². The Kier molecular flexibility index (Phi) is 5.96. The van der Waals surface area contributed by atoms with Crippen LogP contribution in [0, 0.1) is 0 Å². The van der Waals surface area contributed by atoms with Crippen LogP contribution in [0.5, 0.6) is 5.75 Å². The number of rotatable bonds is 7. The molecule has 0 amide bonds. The number of hydrogen-bond donors (Lipinski definition) is 0. The fourth-order valence-electron chi connectivity index (χ4n) is 1.44. The van der Waals surface area contributed by atoms with Gasteiger partial charge in [0.2, 0.25) is 0 Å². The van der Waals surface area contributed by atoms with Crippen molar-refractivity contribution in [2.45, 2.75) is 45.3 Å². The van der Waals surface area contributed by atoms with Gasteiger partial charge in [-0.05, 0) is 42.4 Å². The predicted octanol–water partition coefficient (Wildman–Crippen LogP) is 4.29. The van der Waals surface area contributed by atoms with Crippen molar-refractivity contribution < 1.29 is 14.0 Å². The molecular formula is C16H26O3Si. The minimum absolute atomic E-state index is 0.249. The summed E-state index contributed by atoms with van der Waals surface area (Å²) >= 11 is 0. The van der Waals surface area contributed by atoms with E-state index in [0.29, 0.717) is 12.2 Å². The Morgan fingerprint density at radius 2 is 1.70 bits per heavy atom. The monoisotopic (exact) mass is 294 g/mol. The molecule has 0 atom stereocenters. The van der Waals surface area contributed by atoms with Crippen molar-refractivity contribution in [3.63, 3.8) is 0 Å². The van der Waals surface area contributed by atoms with Crippen LogP contribution in [0.4, 0.5) is 0 Å². The van der Waals surface area contributed by atoms with Gasteiger partial charge in [0.05, 0.1) is 6.61 Å². The van der Waals surface area contributed by atoms with E-state index in [4.69, 9.17) is 9.16 Å². The summed E-state index contributed by atoms with van der Waals surface area (Å²) in [5, 5.41) is 0.249. The third-order valence-electron chi connectivity index (χ3n) is 3.84. The van der Waals surface area contributed by atoms with Crippen molar-refractivity contribution >= 4 is 14.6 Å². The molecule has 0 fully saturated rings. The summed E-state index contributed by atoms with van der Waals surface area (Å²) in [4.78, 5) is 10.5. The molecule has 1 rings (SSSR count). The summed E-state index contributed by atoms with van der Waals surface area (Å²) in [5.74, 6) is 0.794. The molecule has 0 aliphatic carbocycles. The Hall–Kier alpha value is -1.13. The van der Waals surface area contributed by atoms with Crippen molar-refractivity contribution in [2.75, 3.05) is 13.2 Å². The molecule has 0 bridgehead atoms. The highest BCUT2D eigenvalue weighted by Gasteiger charge is 2.36. The lowest BCUT2D eigenvalue weighted by Crippen LogP contribution is -2.41. The number of benzene rings is 1. The lowest BCUT2D eigenvalue weighted by atomic mass is 10.2. The summed E-state index contributed by atoms with van der Waals surface area (Å²) in [7, 11) is -1.64. The highest BCUT2D eigenvalue weighted by molar-refractivity contribution is 6.74. The Labute approximate surface area is 123 Å². The van der Waals surface area contributed by atoms with Crippen LogP contribution in [0.1, 0.15) is 37.6 Å². The van der Waals surface area contributed by atoms with Crippen molar-refractivity contribution in [2.24, 2.45) is 0 Å². The maximum Gasteiger partial charge on any atom is 0.191 e. The van der Waals surface area contributed by atoms with E-state index >= 15 is 0 Å². The number of hydrogen-bond acceptors (Lipinski definition) is 3. The summed E-state index contributed by atoms with van der Waals surface area (Å²) in [5.41, 5.74) is 0.665. The van der Waals surface area contributed by atoms with Gasteiger partial charge in [-0.25, -0.2) is 0 Å². The normalized spacial score (nSPS) is 12.2. The van der Waals surface area contributed by atoms with Crippen LogP contribution >= 0.6 is 0 Å². The lowest BCUT2D eigenvalue weighted by Gasteiger charge is -2.36. The molecule has 3 nitrogen and oxygen atoms in total. The zero-order chi connectivity index (χ0) is 15.2. The number of ether oxygens (including phenoxy) is 1. The van der Waals surface area contributed by atoms with Crippen LogP contribution in [0.25, 0.3) is 0 Å². The van der Waals surface area contributed by atoms with Crippen molar-refractivity contribution in [1.82, 2.24) is 0 Å². The summed E-state index contributed by atoms with van der Waals surface area (Å²) < 4.78 is 11.7. The van der Waals surface area contributed by atoms with Crippen molar-refractivity contribution in [3.05, 3.63) is 29.8 Å². The van der Waals surface area contributed by atoms with Gasteiger partial charge in [0, 0.05) is 18.6 Å². The van der Waals surface area contributed by atoms with Gasteiger partial charge in [0.15, 0.2) is 8.32 Å². The summed E-state index contributed by atoms with van der Waals surface area (Å²) in [6.07, 6.45) is 1.71. The van der Waals surface area contributed by atoms with Crippen LogP contribution in [0.2, 0.25) is 18.1 Å². The van der Waals surface area contributed by atoms with Crippen LogP contribution in [-0.4, -0.2) is 27.8 Å². The van der Waals surface area contributed by atoms with E-state index in [1.807, 2.05) is 12.1 Å². The van der Waals surface area contributed by atoms with Gasteiger partial charge < -0.3 is 9.16 Å². The number of carbonyl (C=O) groups excluding carboxylic acids is 1. The molecular weight excluding hydrogens is 268 g/mol. The molecule has 0 unspecified atom stereocenters. The maximum absolute atomic E-state index is 10.5. The maximum atomic E-state index is 10.5. The van der Waals surface area contributed by atoms with Gasteiger partial charge in [-0.1, -0.05) is 20.8 Å². The summed E-state index contributed by atoms with van der Waals surface area (Å²) in [6, 6.07) is 7.15. The highest BCUT2D eigenvalue weighted by atomic mass is 28.4. The molecule has 0 radical (unpaired) electrons. The van der Waals surface area contributed by atoms with Gasteiger partial charge in [-0.15, -0.1) is 0 Å². The first kappa shape index (κ1) is 16.9. The van der Waals surface area contributed by atoms with Crippen molar-refractivity contribution in [1.29, 1.82) is 0 Å². The Morgan fingerprint density at radius 1 is 1.10 bits per heavy atom. The van der Waals surface area contributed by atoms with E-state index in [0.717, 1.165) is 25.1 Å². The Morgan fingerprint density at radius 3 is 2.20 bits per heavy atom. The molecule has 0 saturated carbocycles. The molecule has 0 heterocycles. The first-order valence-corrected chi connectivity index (χ1v) is 9.99. The molecule has 0 aliphatic rings. The van der Waals surface area contributed by atoms with Crippen LogP contribution in [0.15, 0.2) is 24.3 Å². The van der Waals surface area contributed by atoms with E-state index in [1.165, 1.54) is 0 Å². The van der Waals surface area contributed by atoms with E-state index in [-0.39, 0.29) is 5.04 Å². The fourth-order valence-corrected chi connectivity index (χ4v) is 2.52. The van der Waals surface area contributed by atoms with Gasteiger partial charge in [-0.3, -0.25) is 4.79 Å². The zero-order valence-corrected chi connectivity index (χ0v) is 14.2. The zero-order valence-electron chi connectivity index (χ0n) is 13.2. The predicted molar refractivity (Wildman–Crippen MR) is 85.1 cm³/mol. The second-order valence-electron chi connectivity index (χ2n) is 6.50. The standard InChI is InChI=1S/C16H26O3Si/c1-16(2,3)20(4,5)19-12-6-11-18-15-9-7-14(13-17)8-10-15/h7-10,13H,6,11-12H2,1-5H3. The fraction of sp³-hybridized carbons (Fsp3) is 0.562. The SMILES string of the molecule is CC(C)(C)[Si](C)(C)OCCCOc1ccc(C=O)cc1. The molecule has 0 aromatic heterocycles. The van der Waals surface area contributed by atoms with Crippen LogP contribution in [0.3, 0.4) is 0 Å². The summed E-state index contributed by atoms with van der Waals surface area (Å²) in [6.45, 7) is 12.6. The van der Waals surface area contributed by atoms with Gasteiger partial charge in [0.25, 0.3) is 0 Å². The molecule has 1 aromatic rings. The van der Waals surface area contributed by atoms with E-state index in [9.17, 15) is 4.79 Å².